The van der Waals surface area contributed by atoms with Crippen LogP contribution >= 0.6 is 11.8 Å². The van der Waals surface area contributed by atoms with Gasteiger partial charge in [-0.15, -0.1) is 11.8 Å². The summed E-state index contributed by atoms with van der Waals surface area (Å²) in [6.07, 6.45) is 0.522. The van der Waals surface area contributed by atoms with Crippen LogP contribution in [0.5, 0.6) is 0 Å². The lowest BCUT2D eigenvalue weighted by Gasteiger charge is -2.60. The van der Waals surface area contributed by atoms with Crippen LogP contribution in [-0.2, 0) is 9.54 Å². The van der Waals surface area contributed by atoms with Gasteiger partial charge in [-0.1, -0.05) is 137 Å². The van der Waals surface area contributed by atoms with E-state index in [9.17, 15) is 9.90 Å². The van der Waals surface area contributed by atoms with E-state index in [1.54, 1.807) is 18.0 Å². The molecule has 4 aromatic carbocycles. The fraction of sp³-hybridized carbons (Fsp3) is 0.270. The summed E-state index contributed by atoms with van der Waals surface area (Å²) in [7, 11) is -2.37. The molecular formula is C37H39N3O2SSi. The number of rotatable bonds is 8. The van der Waals surface area contributed by atoms with E-state index in [0.717, 1.165) is 22.2 Å². The van der Waals surface area contributed by atoms with Gasteiger partial charge in [-0.2, -0.15) is 0 Å². The average molecular weight is 618 g/mol. The number of hydrogen-bond donors (Lipinski definition) is 1. The van der Waals surface area contributed by atoms with Crippen LogP contribution in [0.25, 0.3) is 11.0 Å². The third kappa shape index (κ3) is 5.07. The molecule has 5 aromatic rings. The quantitative estimate of drug-likeness (QED) is 0.108. The Labute approximate surface area is 265 Å². The third-order valence-corrected chi connectivity index (χ3v) is 16.8. The van der Waals surface area contributed by atoms with Gasteiger partial charge in [0.25, 0.3) is 0 Å². The van der Waals surface area contributed by atoms with Gasteiger partial charge in [-0.25, -0.2) is 4.98 Å². The predicted molar refractivity (Wildman–Crippen MR) is 183 cm³/mol. The Balaban J connectivity index is 1.54. The van der Waals surface area contributed by atoms with Crippen molar-refractivity contribution in [1.29, 1.82) is 0 Å². The first kappa shape index (κ1) is 30.3. The van der Waals surface area contributed by atoms with E-state index in [1.807, 2.05) is 42.5 Å². The van der Waals surface area contributed by atoms with E-state index >= 15 is 0 Å². The maximum atomic E-state index is 14.4. The van der Waals surface area contributed by atoms with Crippen molar-refractivity contribution in [2.45, 2.75) is 55.1 Å². The zero-order valence-corrected chi connectivity index (χ0v) is 27.7. The van der Waals surface area contributed by atoms with Gasteiger partial charge in [0, 0.05) is 0 Å². The molecule has 224 valence electrons. The number of carbonyl (C=O) groups excluding carboxylic acids is 1. The molecule has 1 aliphatic heterocycles. The van der Waals surface area contributed by atoms with Gasteiger partial charge in [0.05, 0.1) is 39.0 Å². The molecule has 2 heterocycles. The number of carbonyl (C=O) groups is 1. The summed E-state index contributed by atoms with van der Waals surface area (Å²) < 4.78 is 1.49. The summed E-state index contributed by atoms with van der Waals surface area (Å²) in [5.41, 5.74) is 5.25. The Bertz CT molecular complexity index is 1660. The molecule has 1 amide bonds. The lowest BCUT2D eigenvalue weighted by Crippen LogP contribution is -2.73. The number of aliphatic hydroxyl groups excluding tert-OH is 1. The van der Waals surface area contributed by atoms with Crippen LogP contribution in [0.2, 0.25) is 18.1 Å². The summed E-state index contributed by atoms with van der Waals surface area (Å²) in [4.78, 5) is 23.7. The molecular weight excluding hydrogens is 579 g/mol. The number of fused-ring (bicyclic) bond motifs is 1. The van der Waals surface area contributed by atoms with Crippen molar-refractivity contribution < 1.29 is 9.90 Å². The van der Waals surface area contributed by atoms with Crippen LogP contribution in [0.15, 0.2) is 121 Å². The number of amides is 1. The number of β-lactam (4-membered cyclic amide) rings is 1. The molecule has 0 radical (unpaired) electrons. The van der Waals surface area contributed by atoms with Crippen LogP contribution in [-0.4, -0.2) is 39.2 Å². The van der Waals surface area contributed by atoms with Gasteiger partial charge < -0.3 is 9.67 Å². The van der Waals surface area contributed by atoms with Crippen LogP contribution in [0.1, 0.15) is 49.3 Å². The minimum atomic E-state index is -2.37. The molecule has 3 unspecified atom stereocenters. The van der Waals surface area contributed by atoms with Gasteiger partial charge in [-0.05, 0) is 33.9 Å². The van der Waals surface area contributed by atoms with Gasteiger partial charge in [0.15, 0.2) is 8.24 Å². The number of aromatic nitrogens is 2. The summed E-state index contributed by atoms with van der Waals surface area (Å²) in [6.45, 7) is 11.2. The topological polar surface area (TPSA) is 66.3 Å². The highest BCUT2D eigenvalue weighted by molar-refractivity contribution is 8.01. The molecule has 1 fully saturated rings. The van der Waals surface area contributed by atoms with Crippen molar-refractivity contribution in [3.8, 4) is 0 Å². The van der Waals surface area contributed by atoms with Crippen LogP contribution in [0, 0.1) is 5.92 Å². The van der Waals surface area contributed by atoms with Crippen LogP contribution < -0.4 is 0 Å². The highest BCUT2D eigenvalue weighted by atomic mass is 32.2. The third-order valence-electron chi connectivity index (χ3n) is 9.47. The van der Waals surface area contributed by atoms with Crippen molar-refractivity contribution in [3.63, 3.8) is 0 Å². The standard InChI is InChI=1S/C37H39N3O2SSi/c1-36(2,3)44(4,5)40-34(42)32(33(41)31-25-38-29-23-15-16-24-30(29)39-31)35(40)43-37(26-17-9-6-10-18-26,27-19-11-7-12-20-27)28-21-13-8-14-22-28/h6-25,32-33,35,41H,1-5H3. The normalized spacial score (nSPS) is 18.2. The van der Waals surface area contributed by atoms with Gasteiger partial charge >= 0.3 is 0 Å². The molecule has 1 saturated heterocycles. The molecule has 7 heteroatoms. The molecule has 1 aliphatic rings. The van der Waals surface area contributed by atoms with E-state index in [2.05, 4.69) is 116 Å². The second kappa shape index (κ2) is 11.6. The number of hydrogen-bond acceptors (Lipinski definition) is 5. The first-order valence-corrected chi connectivity index (χ1v) is 19.0. The monoisotopic (exact) mass is 617 g/mol. The zero-order valence-electron chi connectivity index (χ0n) is 25.9. The molecule has 0 bridgehead atoms. The second-order valence-corrected chi connectivity index (χ2v) is 19.5. The Kier molecular flexibility index (Phi) is 7.99. The molecule has 44 heavy (non-hydrogen) atoms. The Hall–Kier alpha value is -3.78. The molecule has 0 saturated carbocycles. The lowest BCUT2D eigenvalue weighted by atomic mass is 9.84. The largest absolute Gasteiger partial charge is 0.386 e. The first-order chi connectivity index (χ1) is 21.1. The van der Waals surface area contributed by atoms with E-state index in [1.165, 1.54) is 0 Å². The summed E-state index contributed by atoms with van der Waals surface area (Å²) >= 11 is 1.76. The van der Waals surface area contributed by atoms with Gasteiger partial charge in [0.1, 0.15) is 6.10 Å². The molecule has 6 rings (SSSR count). The Morgan fingerprint density at radius 1 is 0.750 bits per heavy atom. The zero-order chi connectivity index (χ0) is 31.1. The highest BCUT2D eigenvalue weighted by Gasteiger charge is 2.62. The molecule has 0 spiro atoms. The highest BCUT2D eigenvalue weighted by Crippen LogP contribution is 2.58. The van der Waals surface area contributed by atoms with Crippen LogP contribution in [0.4, 0.5) is 0 Å². The van der Waals surface area contributed by atoms with E-state index in [-0.39, 0.29) is 16.3 Å². The van der Waals surface area contributed by atoms with Crippen molar-refractivity contribution in [2.24, 2.45) is 5.92 Å². The lowest BCUT2D eigenvalue weighted by molar-refractivity contribution is -0.150. The van der Waals surface area contributed by atoms with E-state index in [4.69, 9.17) is 4.98 Å². The molecule has 1 N–H and O–H groups in total. The molecule has 1 aromatic heterocycles. The maximum absolute atomic E-state index is 14.4. The van der Waals surface area contributed by atoms with Crippen molar-refractivity contribution >= 4 is 36.9 Å². The summed E-state index contributed by atoms with van der Waals surface area (Å²) in [5, 5.41) is 11.6. The molecule has 5 nitrogen and oxygen atoms in total. The van der Waals surface area contributed by atoms with Crippen molar-refractivity contribution in [2.75, 3.05) is 0 Å². The first-order valence-electron chi connectivity index (χ1n) is 15.1. The number of nitrogens with zero attached hydrogens (tertiary/aromatic N) is 3. The fourth-order valence-corrected chi connectivity index (χ4v) is 11.0. The summed E-state index contributed by atoms with van der Waals surface area (Å²) in [5.74, 6) is -0.695. The minimum Gasteiger partial charge on any atom is -0.386 e. The molecule has 3 atom stereocenters. The fourth-order valence-electron chi connectivity index (χ4n) is 6.06. The van der Waals surface area contributed by atoms with Crippen LogP contribution in [0.3, 0.4) is 0 Å². The van der Waals surface area contributed by atoms with E-state index < -0.39 is 25.0 Å². The smallest absolute Gasteiger partial charge is 0.224 e. The number of aliphatic hydroxyl groups is 1. The minimum absolute atomic E-state index is 0.0142. The van der Waals surface area contributed by atoms with Crippen molar-refractivity contribution in [3.05, 3.63) is 144 Å². The number of thioether (sulfide) groups is 1. The van der Waals surface area contributed by atoms with Gasteiger partial charge in [0.2, 0.25) is 5.91 Å². The van der Waals surface area contributed by atoms with E-state index in [0.29, 0.717) is 11.2 Å². The number of para-hydroxylation sites is 2. The van der Waals surface area contributed by atoms with Crippen molar-refractivity contribution in [1.82, 2.24) is 14.5 Å². The summed E-state index contributed by atoms with van der Waals surface area (Å²) in [6, 6.07) is 39.2. The van der Waals surface area contributed by atoms with Gasteiger partial charge in [-0.3, -0.25) is 9.78 Å². The maximum Gasteiger partial charge on any atom is 0.224 e. The predicted octanol–water partition coefficient (Wildman–Crippen LogP) is 8.18. The average Bonchev–Trinajstić information content (AvgIpc) is 3.03. The SMILES string of the molecule is CC(C)(C)[Si](C)(C)N1C(=O)C(C(O)c2cnc3ccccc3n2)C1SC(c1ccccc1)(c1ccccc1)c1ccccc1. The molecule has 0 aliphatic carbocycles. The Morgan fingerprint density at radius 2 is 1.20 bits per heavy atom. The number of benzene rings is 4. The Morgan fingerprint density at radius 3 is 1.68 bits per heavy atom. The second-order valence-electron chi connectivity index (χ2n) is 13.1.